The summed E-state index contributed by atoms with van der Waals surface area (Å²) in [7, 11) is 0. The summed E-state index contributed by atoms with van der Waals surface area (Å²) in [5.41, 5.74) is -0.0503. The van der Waals surface area contributed by atoms with E-state index in [4.69, 9.17) is 4.74 Å². The maximum absolute atomic E-state index is 5.52. The van der Waals surface area contributed by atoms with E-state index < -0.39 is 0 Å². The Kier molecular flexibility index (Phi) is 6.89. The lowest BCUT2D eigenvalue weighted by atomic mass is 9.96. The Morgan fingerprint density at radius 2 is 1.95 bits per heavy atom. The number of aromatic nitrogens is 2. The molecule has 1 aromatic heterocycles. The highest BCUT2D eigenvalue weighted by molar-refractivity contribution is 9.10. The van der Waals surface area contributed by atoms with E-state index in [1.807, 2.05) is 6.07 Å². The van der Waals surface area contributed by atoms with Gasteiger partial charge >= 0.3 is 0 Å². The van der Waals surface area contributed by atoms with Gasteiger partial charge in [0.15, 0.2) is 0 Å². The molecule has 0 saturated heterocycles. The van der Waals surface area contributed by atoms with Gasteiger partial charge in [-0.15, -0.1) is 0 Å². The van der Waals surface area contributed by atoms with E-state index in [0.717, 1.165) is 42.2 Å². The van der Waals surface area contributed by atoms with Crippen LogP contribution in [0.25, 0.3) is 0 Å². The van der Waals surface area contributed by atoms with E-state index in [9.17, 15) is 0 Å². The number of rotatable bonds is 7. The Hall–Kier alpha value is -0.680. The third kappa shape index (κ3) is 6.66. The maximum Gasteiger partial charge on any atom is 0.137 e. The van der Waals surface area contributed by atoms with Gasteiger partial charge < -0.3 is 10.1 Å². The van der Waals surface area contributed by atoms with Crippen molar-refractivity contribution in [3.05, 3.63) is 16.5 Å². The Labute approximate surface area is 130 Å². The number of nitrogens with zero attached hydrogens (tertiary/aromatic N) is 2. The number of ether oxygens (including phenoxy) is 1. The molecule has 0 aromatic carbocycles. The van der Waals surface area contributed by atoms with Crippen LogP contribution in [0.5, 0.6) is 0 Å². The van der Waals surface area contributed by atoms with Crippen molar-refractivity contribution in [2.24, 2.45) is 0 Å². The van der Waals surface area contributed by atoms with E-state index in [-0.39, 0.29) is 5.41 Å². The lowest BCUT2D eigenvalue weighted by Gasteiger charge is -2.18. The standard InChI is InChI=1S/C15H26BrN3O/c1-11(2)20-9-7-6-8-17-13-10-12(16)18-14(19-13)15(3,4)5/h10-11H,6-9H2,1-5H3,(H,17,18,19). The zero-order valence-electron chi connectivity index (χ0n) is 13.2. The Balaban J connectivity index is 2.42. The third-order valence-corrected chi connectivity index (χ3v) is 3.10. The van der Waals surface area contributed by atoms with Crippen LogP contribution in [-0.2, 0) is 10.2 Å². The number of hydrogen-bond donors (Lipinski definition) is 1. The zero-order chi connectivity index (χ0) is 15.2. The van der Waals surface area contributed by atoms with Gasteiger partial charge in [0.25, 0.3) is 0 Å². The monoisotopic (exact) mass is 343 g/mol. The topological polar surface area (TPSA) is 47.0 Å². The van der Waals surface area contributed by atoms with Gasteiger partial charge in [0, 0.05) is 24.6 Å². The molecule has 0 fully saturated rings. The van der Waals surface area contributed by atoms with Gasteiger partial charge in [-0.25, -0.2) is 9.97 Å². The van der Waals surface area contributed by atoms with Crippen molar-refractivity contribution >= 4 is 21.7 Å². The first-order valence-corrected chi connectivity index (χ1v) is 7.99. The number of halogens is 1. The molecule has 1 aromatic rings. The maximum atomic E-state index is 5.52. The van der Waals surface area contributed by atoms with Crippen molar-refractivity contribution in [1.29, 1.82) is 0 Å². The molecule has 1 N–H and O–H groups in total. The average Bonchev–Trinajstić information content (AvgIpc) is 2.31. The molecule has 0 radical (unpaired) electrons. The Morgan fingerprint density at radius 3 is 2.55 bits per heavy atom. The van der Waals surface area contributed by atoms with Crippen LogP contribution < -0.4 is 5.32 Å². The second-order valence-corrected chi connectivity index (χ2v) is 7.02. The fraction of sp³-hybridized carbons (Fsp3) is 0.733. The van der Waals surface area contributed by atoms with E-state index in [2.05, 4.69) is 65.8 Å². The summed E-state index contributed by atoms with van der Waals surface area (Å²) in [4.78, 5) is 9.00. The lowest BCUT2D eigenvalue weighted by molar-refractivity contribution is 0.0765. The fourth-order valence-electron chi connectivity index (χ4n) is 1.61. The predicted molar refractivity (Wildman–Crippen MR) is 87.2 cm³/mol. The van der Waals surface area contributed by atoms with Gasteiger partial charge in [0.05, 0.1) is 6.10 Å². The molecule has 0 amide bonds. The SMILES string of the molecule is CC(C)OCCCCNc1cc(Br)nc(C(C)(C)C)n1. The van der Waals surface area contributed by atoms with Crippen molar-refractivity contribution < 1.29 is 4.74 Å². The number of unbranched alkanes of at least 4 members (excludes halogenated alkanes) is 1. The van der Waals surface area contributed by atoms with Crippen molar-refractivity contribution in [2.75, 3.05) is 18.5 Å². The summed E-state index contributed by atoms with van der Waals surface area (Å²) < 4.78 is 6.34. The summed E-state index contributed by atoms with van der Waals surface area (Å²) >= 11 is 3.44. The first-order chi connectivity index (χ1) is 9.29. The van der Waals surface area contributed by atoms with Crippen LogP contribution in [-0.4, -0.2) is 29.2 Å². The molecule has 0 aliphatic heterocycles. The predicted octanol–water partition coefficient (Wildman–Crippen LogP) is 4.15. The molecule has 114 valence electrons. The molecular weight excluding hydrogens is 318 g/mol. The highest BCUT2D eigenvalue weighted by Crippen LogP contribution is 2.22. The molecule has 0 saturated carbocycles. The van der Waals surface area contributed by atoms with Gasteiger partial charge in [-0.05, 0) is 42.6 Å². The number of hydrogen-bond acceptors (Lipinski definition) is 4. The van der Waals surface area contributed by atoms with Gasteiger partial charge in [0.2, 0.25) is 0 Å². The molecule has 1 heterocycles. The van der Waals surface area contributed by atoms with E-state index in [1.54, 1.807) is 0 Å². The third-order valence-electron chi connectivity index (χ3n) is 2.69. The molecule has 20 heavy (non-hydrogen) atoms. The minimum atomic E-state index is -0.0503. The minimum absolute atomic E-state index is 0.0503. The molecule has 0 aliphatic rings. The normalized spacial score (nSPS) is 11.9. The second-order valence-electron chi connectivity index (χ2n) is 6.20. The average molecular weight is 344 g/mol. The zero-order valence-corrected chi connectivity index (χ0v) is 14.7. The summed E-state index contributed by atoms with van der Waals surface area (Å²) in [6.45, 7) is 12.2. The van der Waals surface area contributed by atoms with E-state index in [1.165, 1.54) is 0 Å². The molecule has 0 spiro atoms. The molecule has 1 rings (SSSR count). The van der Waals surface area contributed by atoms with Crippen LogP contribution in [0.3, 0.4) is 0 Å². The Morgan fingerprint density at radius 1 is 1.25 bits per heavy atom. The van der Waals surface area contributed by atoms with Crippen molar-refractivity contribution in [2.45, 2.75) is 59.0 Å². The first-order valence-electron chi connectivity index (χ1n) is 7.19. The van der Waals surface area contributed by atoms with Crippen LogP contribution >= 0.6 is 15.9 Å². The fourth-order valence-corrected chi connectivity index (χ4v) is 1.99. The van der Waals surface area contributed by atoms with Gasteiger partial charge in [-0.3, -0.25) is 0 Å². The van der Waals surface area contributed by atoms with Crippen molar-refractivity contribution in [3.8, 4) is 0 Å². The molecule has 0 atom stereocenters. The molecule has 0 aliphatic carbocycles. The van der Waals surface area contributed by atoms with Gasteiger partial charge in [-0.1, -0.05) is 20.8 Å². The van der Waals surface area contributed by atoms with Crippen LogP contribution in [0, 0.1) is 0 Å². The number of anilines is 1. The Bertz CT molecular complexity index is 416. The summed E-state index contributed by atoms with van der Waals surface area (Å²) in [6.07, 6.45) is 2.44. The molecule has 5 heteroatoms. The summed E-state index contributed by atoms with van der Waals surface area (Å²) in [6, 6.07) is 1.92. The van der Waals surface area contributed by atoms with E-state index >= 15 is 0 Å². The minimum Gasteiger partial charge on any atom is -0.379 e. The van der Waals surface area contributed by atoms with Crippen LogP contribution in [0.1, 0.15) is 53.3 Å². The molecule has 4 nitrogen and oxygen atoms in total. The number of nitrogens with one attached hydrogen (secondary N) is 1. The van der Waals surface area contributed by atoms with Crippen LogP contribution in [0.2, 0.25) is 0 Å². The second kappa shape index (κ2) is 7.93. The summed E-state index contributed by atoms with van der Waals surface area (Å²) in [5, 5.41) is 3.35. The molecule has 0 bridgehead atoms. The van der Waals surface area contributed by atoms with Crippen LogP contribution in [0.4, 0.5) is 5.82 Å². The molecular formula is C15H26BrN3O. The van der Waals surface area contributed by atoms with Crippen molar-refractivity contribution in [1.82, 2.24) is 9.97 Å². The smallest absolute Gasteiger partial charge is 0.137 e. The highest BCUT2D eigenvalue weighted by Gasteiger charge is 2.18. The van der Waals surface area contributed by atoms with Crippen LogP contribution in [0.15, 0.2) is 10.7 Å². The highest BCUT2D eigenvalue weighted by atomic mass is 79.9. The quantitative estimate of drug-likeness (QED) is 0.596. The van der Waals surface area contributed by atoms with Gasteiger partial charge in [-0.2, -0.15) is 0 Å². The van der Waals surface area contributed by atoms with Gasteiger partial charge in [0.1, 0.15) is 16.2 Å². The first kappa shape index (κ1) is 17.4. The largest absolute Gasteiger partial charge is 0.379 e. The molecule has 0 unspecified atom stereocenters. The summed E-state index contributed by atoms with van der Waals surface area (Å²) in [5.74, 6) is 1.72. The van der Waals surface area contributed by atoms with Crippen molar-refractivity contribution in [3.63, 3.8) is 0 Å². The lowest BCUT2D eigenvalue weighted by Crippen LogP contribution is -2.17. The van der Waals surface area contributed by atoms with E-state index in [0.29, 0.717) is 6.10 Å².